The zero-order valence-electron chi connectivity index (χ0n) is 11.8. The van der Waals surface area contributed by atoms with Crippen molar-refractivity contribution in [3.63, 3.8) is 0 Å². The molecule has 1 aromatic rings. The van der Waals surface area contributed by atoms with Gasteiger partial charge in [-0.25, -0.2) is 4.98 Å². The predicted octanol–water partition coefficient (Wildman–Crippen LogP) is 2.29. The summed E-state index contributed by atoms with van der Waals surface area (Å²) in [5.74, 6) is 0.0881. The third-order valence-electron chi connectivity index (χ3n) is 4.75. The van der Waals surface area contributed by atoms with Crippen molar-refractivity contribution in [1.29, 1.82) is 0 Å². The Bertz CT molecular complexity index is 512. The summed E-state index contributed by atoms with van der Waals surface area (Å²) >= 11 is 5.87. The summed E-state index contributed by atoms with van der Waals surface area (Å²) in [5.41, 5.74) is 0.994. The molecule has 20 heavy (non-hydrogen) atoms. The average molecular weight is 294 g/mol. The lowest BCUT2D eigenvalue weighted by Gasteiger charge is -2.37. The highest BCUT2D eigenvalue weighted by Crippen LogP contribution is 2.40. The van der Waals surface area contributed by atoms with Crippen LogP contribution in [0.4, 0.5) is 0 Å². The second-order valence-corrected chi connectivity index (χ2v) is 6.53. The summed E-state index contributed by atoms with van der Waals surface area (Å²) < 4.78 is 0. The van der Waals surface area contributed by atoms with Gasteiger partial charge < -0.3 is 9.80 Å². The topological polar surface area (TPSA) is 36.4 Å². The summed E-state index contributed by atoms with van der Waals surface area (Å²) in [6.45, 7) is 4.04. The molecule has 3 rings (SSSR count). The van der Waals surface area contributed by atoms with E-state index in [2.05, 4.69) is 16.9 Å². The van der Waals surface area contributed by atoms with Crippen LogP contribution in [-0.4, -0.2) is 53.9 Å². The van der Waals surface area contributed by atoms with Gasteiger partial charge in [0.25, 0.3) is 5.91 Å². The molecular formula is C15H20ClN3O. The van der Waals surface area contributed by atoms with E-state index in [1.807, 2.05) is 4.90 Å². The lowest BCUT2D eigenvalue weighted by molar-refractivity contribution is 0.0736. The third-order valence-corrected chi connectivity index (χ3v) is 4.95. The monoisotopic (exact) mass is 293 g/mol. The maximum absolute atomic E-state index is 12.5. The van der Waals surface area contributed by atoms with Crippen molar-refractivity contribution in [2.45, 2.75) is 19.3 Å². The number of rotatable bonds is 1. The van der Waals surface area contributed by atoms with Gasteiger partial charge in [0.1, 0.15) is 5.15 Å². The smallest absolute Gasteiger partial charge is 0.254 e. The molecule has 5 heteroatoms. The molecule has 0 unspecified atom stereocenters. The molecule has 0 saturated carbocycles. The van der Waals surface area contributed by atoms with Crippen molar-refractivity contribution in [3.05, 3.63) is 29.0 Å². The molecule has 2 saturated heterocycles. The number of hydrogen-bond acceptors (Lipinski definition) is 3. The highest BCUT2D eigenvalue weighted by Gasteiger charge is 2.41. The van der Waals surface area contributed by atoms with E-state index < -0.39 is 0 Å². The molecule has 0 atom stereocenters. The van der Waals surface area contributed by atoms with Crippen LogP contribution in [0.2, 0.25) is 5.15 Å². The van der Waals surface area contributed by atoms with E-state index >= 15 is 0 Å². The SMILES string of the molecule is CN1CCC2(CC1)CCN(C(=O)c1ccnc(Cl)c1)C2. The Labute approximate surface area is 124 Å². The molecule has 1 amide bonds. The van der Waals surface area contributed by atoms with Crippen LogP contribution in [0.25, 0.3) is 0 Å². The zero-order chi connectivity index (χ0) is 14.2. The van der Waals surface area contributed by atoms with Crippen LogP contribution in [0, 0.1) is 5.41 Å². The number of piperidine rings is 1. The Balaban J connectivity index is 1.69. The molecule has 0 N–H and O–H groups in total. The zero-order valence-corrected chi connectivity index (χ0v) is 12.6. The first-order chi connectivity index (χ1) is 9.58. The Morgan fingerprint density at radius 1 is 1.30 bits per heavy atom. The fraction of sp³-hybridized carbons (Fsp3) is 0.600. The number of nitrogens with zero attached hydrogens (tertiary/aromatic N) is 3. The highest BCUT2D eigenvalue weighted by atomic mass is 35.5. The standard InChI is InChI=1S/C15H20ClN3O/c1-18-7-3-15(4-8-18)5-9-19(11-15)14(20)12-2-6-17-13(16)10-12/h2,6,10H,3-5,7-9,11H2,1H3. The van der Waals surface area contributed by atoms with Gasteiger partial charge in [0.15, 0.2) is 0 Å². The number of likely N-dealkylation sites (tertiary alicyclic amines) is 2. The van der Waals surface area contributed by atoms with Crippen molar-refractivity contribution in [3.8, 4) is 0 Å². The molecule has 0 aromatic carbocycles. The summed E-state index contributed by atoms with van der Waals surface area (Å²) in [6, 6.07) is 3.40. The maximum Gasteiger partial charge on any atom is 0.254 e. The number of carbonyl (C=O) groups excluding carboxylic acids is 1. The van der Waals surface area contributed by atoms with Gasteiger partial charge in [-0.1, -0.05) is 11.6 Å². The van der Waals surface area contributed by atoms with E-state index in [9.17, 15) is 4.79 Å². The molecule has 0 radical (unpaired) electrons. The van der Waals surface area contributed by atoms with Gasteiger partial charge in [-0.3, -0.25) is 4.79 Å². The van der Waals surface area contributed by atoms with Gasteiger partial charge in [-0.15, -0.1) is 0 Å². The summed E-state index contributed by atoms with van der Waals surface area (Å²) in [6.07, 6.45) is 5.12. The number of aromatic nitrogens is 1. The number of carbonyl (C=O) groups is 1. The predicted molar refractivity (Wildman–Crippen MR) is 78.9 cm³/mol. The molecule has 2 fully saturated rings. The van der Waals surface area contributed by atoms with Crippen molar-refractivity contribution in [1.82, 2.24) is 14.8 Å². The first-order valence-electron chi connectivity index (χ1n) is 7.17. The minimum atomic E-state index is 0.0881. The van der Waals surface area contributed by atoms with Gasteiger partial charge >= 0.3 is 0 Å². The quantitative estimate of drug-likeness (QED) is 0.746. The van der Waals surface area contributed by atoms with Crippen LogP contribution in [0.3, 0.4) is 0 Å². The molecule has 0 bridgehead atoms. The Hall–Kier alpha value is -1.13. The van der Waals surface area contributed by atoms with Crippen molar-refractivity contribution >= 4 is 17.5 Å². The fourth-order valence-electron chi connectivity index (χ4n) is 3.33. The average Bonchev–Trinajstić information content (AvgIpc) is 2.86. The second-order valence-electron chi connectivity index (χ2n) is 6.15. The normalized spacial score (nSPS) is 22.4. The van der Waals surface area contributed by atoms with Crippen molar-refractivity contribution < 1.29 is 4.79 Å². The molecule has 0 aliphatic carbocycles. The van der Waals surface area contributed by atoms with Crippen LogP contribution < -0.4 is 0 Å². The molecule has 1 spiro atoms. The lowest BCUT2D eigenvalue weighted by atomic mass is 9.78. The van der Waals surface area contributed by atoms with Gasteiger partial charge in [0.2, 0.25) is 0 Å². The van der Waals surface area contributed by atoms with Gasteiger partial charge in [0.05, 0.1) is 0 Å². The minimum absolute atomic E-state index is 0.0881. The Kier molecular flexibility index (Phi) is 3.69. The molecule has 108 valence electrons. The van der Waals surface area contributed by atoms with E-state index in [1.54, 1.807) is 18.3 Å². The van der Waals surface area contributed by atoms with E-state index in [0.29, 0.717) is 16.1 Å². The van der Waals surface area contributed by atoms with E-state index in [4.69, 9.17) is 11.6 Å². The van der Waals surface area contributed by atoms with Crippen LogP contribution >= 0.6 is 11.6 Å². The van der Waals surface area contributed by atoms with Crippen LogP contribution in [0.15, 0.2) is 18.3 Å². The third kappa shape index (κ3) is 2.67. The van der Waals surface area contributed by atoms with Gasteiger partial charge in [0, 0.05) is 24.8 Å². The summed E-state index contributed by atoms with van der Waals surface area (Å²) in [4.78, 5) is 20.8. The molecule has 2 aliphatic heterocycles. The molecule has 3 heterocycles. The maximum atomic E-state index is 12.5. The van der Waals surface area contributed by atoms with E-state index in [-0.39, 0.29) is 5.91 Å². The Morgan fingerprint density at radius 3 is 2.70 bits per heavy atom. The fourth-order valence-corrected chi connectivity index (χ4v) is 3.50. The first kappa shape index (κ1) is 13.8. The summed E-state index contributed by atoms with van der Waals surface area (Å²) in [7, 11) is 2.17. The molecule has 1 aromatic heterocycles. The molecular weight excluding hydrogens is 274 g/mol. The largest absolute Gasteiger partial charge is 0.338 e. The number of halogens is 1. The van der Waals surface area contributed by atoms with Gasteiger partial charge in [-0.2, -0.15) is 0 Å². The van der Waals surface area contributed by atoms with Crippen molar-refractivity contribution in [2.75, 3.05) is 33.2 Å². The van der Waals surface area contributed by atoms with Crippen molar-refractivity contribution in [2.24, 2.45) is 5.41 Å². The molecule has 2 aliphatic rings. The summed E-state index contributed by atoms with van der Waals surface area (Å²) in [5, 5.41) is 0.379. The van der Waals surface area contributed by atoms with Gasteiger partial charge in [-0.05, 0) is 56.9 Å². The van der Waals surface area contributed by atoms with E-state index in [0.717, 1.165) is 32.6 Å². The Morgan fingerprint density at radius 2 is 2.00 bits per heavy atom. The van der Waals surface area contributed by atoms with Crippen LogP contribution in [0.5, 0.6) is 0 Å². The van der Waals surface area contributed by atoms with Crippen LogP contribution in [0.1, 0.15) is 29.6 Å². The first-order valence-corrected chi connectivity index (χ1v) is 7.55. The molecule has 4 nitrogen and oxygen atoms in total. The number of amides is 1. The van der Waals surface area contributed by atoms with E-state index in [1.165, 1.54) is 12.8 Å². The number of pyridine rings is 1. The second kappa shape index (κ2) is 5.34. The number of hydrogen-bond donors (Lipinski definition) is 0. The van der Waals surface area contributed by atoms with Crippen LogP contribution in [-0.2, 0) is 0 Å². The lowest BCUT2D eigenvalue weighted by Crippen LogP contribution is -2.40. The minimum Gasteiger partial charge on any atom is -0.338 e. The highest BCUT2D eigenvalue weighted by molar-refractivity contribution is 6.29.